The zero-order valence-corrected chi connectivity index (χ0v) is 13.0. The van der Waals surface area contributed by atoms with E-state index in [0.717, 1.165) is 18.7 Å². The number of aromatic nitrogens is 2. The van der Waals surface area contributed by atoms with Gasteiger partial charge >= 0.3 is 0 Å². The highest BCUT2D eigenvalue weighted by Gasteiger charge is 2.15. The molecule has 0 bridgehead atoms. The third kappa shape index (κ3) is 4.30. The van der Waals surface area contributed by atoms with Crippen LogP contribution in [0.1, 0.15) is 12.2 Å². The first-order valence-corrected chi connectivity index (χ1v) is 8.25. The van der Waals surface area contributed by atoms with E-state index in [1.165, 1.54) is 6.20 Å². The molecule has 0 unspecified atom stereocenters. The molecule has 1 aromatic carbocycles. The molecule has 7 heteroatoms. The van der Waals surface area contributed by atoms with E-state index in [0.29, 0.717) is 12.4 Å². The lowest BCUT2D eigenvalue weighted by Gasteiger charge is -2.19. The summed E-state index contributed by atoms with van der Waals surface area (Å²) in [5, 5.41) is 0.108. The number of aryl methyl sites for hydroxylation is 1. The second-order valence-electron chi connectivity index (χ2n) is 4.84. The molecule has 2 rings (SSSR count). The van der Waals surface area contributed by atoms with Crippen LogP contribution >= 0.6 is 0 Å². The number of nitrogens with one attached hydrogen (secondary N) is 2. The van der Waals surface area contributed by atoms with Gasteiger partial charge < -0.3 is 9.88 Å². The second-order valence-corrected chi connectivity index (χ2v) is 6.58. The average Bonchev–Trinajstić information content (AvgIpc) is 2.92. The Morgan fingerprint density at radius 2 is 2.00 bits per heavy atom. The molecule has 2 N–H and O–H groups in total. The Morgan fingerprint density at radius 3 is 2.62 bits per heavy atom. The van der Waals surface area contributed by atoms with Crippen molar-refractivity contribution < 1.29 is 8.42 Å². The lowest BCUT2D eigenvalue weighted by Crippen LogP contribution is -2.28. The molecule has 0 amide bonds. The number of rotatable bonds is 7. The molecule has 0 fully saturated rings. The van der Waals surface area contributed by atoms with E-state index in [4.69, 9.17) is 0 Å². The molecule has 6 nitrogen and oxygen atoms in total. The van der Waals surface area contributed by atoms with Crippen LogP contribution < -0.4 is 9.62 Å². The number of aromatic amines is 1. The molecule has 0 atom stereocenters. The van der Waals surface area contributed by atoms with Crippen molar-refractivity contribution in [2.24, 2.45) is 0 Å². The lowest BCUT2D eigenvalue weighted by atomic mass is 10.3. The van der Waals surface area contributed by atoms with Gasteiger partial charge in [-0.3, -0.25) is 0 Å². The topological polar surface area (TPSA) is 78.1 Å². The summed E-state index contributed by atoms with van der Waals surface area (Å²) in [4.78, 5) is 8.71. The number of hydrogen-bond donors (Lipinski definition) is 2. The third-order valence-electron chi connectivity index (χ3n) is 3.13. The Morgan fingerprint density at radius 1 is 1.29 bits per heavy atom. The number of sulfonamides is 1. The minimum Gasteiger partial charge on any atom is -0.375 e. The van der Waals surface area contributed by atoms with Crippen molar-refractivity contribution in [3.8, 4) is 0 Å². The van der Waals surface area contributed by atoms with Crippen LogP contribution in [0.25, 0.3) is 0 Å². The van der Waals surface area contributed by atoms with E-state index in [9.17, 15) is 8.42 Å². The Hall–Kier alpha value is -1.86. The van der Waals surface area contributed by atoms with Gasteiger partial charge in [-0.1, -0.05) is 18.2 Å². The molecule has 1 aromatic heterocycles. The molecule has 2 aromatic rings. The lowest BCUT2D eigenvalue weighted by molar-refractivity contribution is 0.575. The van der Waals surface area contributed by atoms with Gasteiger partial charge in [-0.2, -0.15) is 0 Å². The van der Waals surface area contributed by atoms with E-state index in [1.807, 2.05) is 37.4 Å². The van der Waals surface area contributed by atoms with Crippen LogP contribution in [0, 0.1) is 6.92 Å². The van der Waals surface area contributed by atoms with E-state index >= 15 is 0 Å². The van der Waals surface area contributed by atoms with Crippen molar-refractivity contribution in [3.63, 3.8) is 0 Å². The van der Waals surface area contributed by atoms with Crippen molar-refractivity contribution in [2.45, 2.75) is 18.4 Å². The van der Waals surface area contributed by atoms with Crippen molar-refractivity contribution in [1.82, 2.24) is 14.7 Å². The van der Waals surface area contributed by atoms with Crippen LogP contribution in [0.15, 0.2) is 41.6 Å². The molecule has 0 saturated carbocycles. The number of H-pyrrole nitrogens is 1. The summed E-state index contributed by atoms with van der Waals surface area (Å²) >= 11 is 0. The summed E-state index contributed by atoms with van der Waals surface area (Å²) in [6.45, 7) is 2.87. The SMILES string of the molecule is Cc1ncc(S(=O)(=O)NCCCN(C)c2ccccc2)[nH]1. The summed E-state index contributed by atoms with van der Waals surface area (Å²) in [6.07, 6.45) is 2.05. The largest absolute Gasteiger partial charge is 0.375 e. The minimum atomic E-state index is -3.49. The number of anilines is 1. The van der Waals surface area contributed by atoms with Crippen molar-refractivity contribution in [2.75, 3.05) is 25.0 Å². The predicted octanol–water partition coefficient (Wildman–Crippen LogP) is 1.52. The first-order valence-electron chi connectivity index (χ1n) is 6.76. The summed E-state index contributed by atoms with van der Waals surface area (Å²) in [7, 11) is -1.50. The molecular weight excluding hydrogens is 288 g/mol. The fourth-order valence-electron chi connectivity index (χ4n) is 1.95. The number of imidazole rings is 1. The number of hydrogen-bond acceptors (Lipinski definition) is 4. The van der Waals surface area contributed by atoms with E-state index in [2.05, 4.69) is 19.6 Å². The van der Waals surface area contributed by atoms with Gasteiger partial charge in [0.1, 0.15) is 5.82 Å². The average molecular weight is 308 g/mol. The fraction of sp³-hybridized carbons (Fsp3) is 0.357. The van der Waals surface area contributed by atoms with Gasteiger partial charge in [-0.25, -0.2) is 18.1 Å². The van der Waals surface area contributed by atoms with Gasteiger partial charge in [-0.05, 0) is 25.5 Å². The van der Waals surface area contributed by atoms with E-state index in [1.54, 1.807) is 6.92 Å². The van der Waals surface area contributed by atoms with Crippen LogP contribution in [-0.2, 0) is 10.0 Å². The number of benzene rings is 1. The van der Waals surface area contributed by atoms with Crippen molar-refractivity contribution in [1.29, 1.82) is 0 Å². The highest BCUT2D eigenvalue weighted by Crippen LogP contribution is 2.11. The highest BCUT2D eigenvalue weighted by atomic mass is 32.2. The van der Waals surface area contributed by atoms with E-state index in [-0.39, 0.29) is 5.03 Å². The maximum absolute atomic E-state index is 12.0. The molecule has 21 heavy (non-hydrogen) atoms. The first-order chi connectivity index (χ1) is 9.99. The van der Waals surface area contributed by atoms with Gasteiger partial charge in [0.25, 0.3) is 10.0 Å². The molecular formula is C14H20N4O2S. The maximum Gasteiger partial charge on any atom is 0.257 e. The Balaban J connectivity index is 1.80. The quantitative estimate of drug-likeness (QED) is 0.760. The highest BCUT2D eigenvalue weighted by molar-refractivity contribution is 7.89. The maximum atomic E-state index is 12.0. The third-order valence-corrected chi connectivity index (χ3v) is 4.50. The molecule has 0 saturated heterocycles. The van der Waals surface area contributed by atoms with Gasteiger partial charge in [0, 0.05) is 25.8 Å². The summed E-state index contributed by atoms with van der Waals surface area (Å²) in [6, 6.07) is 9.98. The smallest absolute Gasteiger partial charge is 0.257 e. The summed E-state index contributed by atoms with van der Waals surface area (Å²) in [5.74, 6) is 0.583. The van der Waals surface area contributed by atoms with Crippen LogP contribution in [0.3, 0.4) is 0 Å². The molecule has 1 heterocycles. The molecule has 0 aliphatic heterocycles. The van der Waals surface area contributed by atoms with Gasteiger partial charge in [-0.15, -0.1) is 0 Å². The normalized spacial score (nSPS) is 11.5. The summed E-state index contributed by atoms with van der Waals surface area (Å²) < 4.78 is 26.5. The number of para-hydroxylation sites is 1. The molecule has 0 aliphatic rings. The molecule has 114 valence electrons. The van der Waals surface area contributed by atoms with Crippen LogP contribution in [-0.4, -0.2) is 38.5 Å². The predicted molar refractivity (Wildman–Crippen MR) is 82.8 cm³/mol. The number of nitrogens with zero attached hydrogens (tertiary/aromatic N) is 2. The standard InChI is InChI=1S/C14H20N4O2S/c1-12-15-11-14(17-12)21(19,20)16-9-6-10-18(2)13-7-4-3-5-8-13/h3-5,7-8,11,16H,6,9-10H2,1-2H3,(H,15,17). The zero-order chi connectivity index (χ0) is 15.3. The monoisotopic (exact) mass is 308 g/mol. The Bertz CT molecular complexity index is 667. The van der Waals surface area contributed by atoms with Crippen molar-refractivity contribution in [3.05, 3.63) is 42.4 Å². The molecule has 0 radical (unpaired) electrons. The second kappa shape index (κ2) is 6.73. The van der Waals surface area contributed by atoms with Gasteiger partial charge in [0.2, 0.25) is 0 Å². The fourth-order valence-corrected chi connectivity index (χ4v) is 2.99. The molecule has 0 spiro atoms. The zero-order valence-electron chi connectivity index (χ0n) is 12.2. The first kappa shape index (κ1) is 15.5. The van der Waals surface area contributed by atoms with Crippen LogP contribution in [0.5, 0.6) is 0 Å². The Kier molecular flexibility index (Phi) is 4.98. The molecule has 0 aliphatic carbocycles. The van der Waals surface area contributed by atoms with Crippen molar-refractivity contribution >= 4 is 15.7 Å². The van der Waals surface area contributed by atoms with Gasteiger partial charge in [0.15, 0.2) is 5.03 Å². The van der Waals surface area contributed by atoms with E-state index < -0.39 is 10.0 Å². The van der Waals surface area contributed by atoms with Crippen LogP contribution in [0.2, 0.25) is 0 Å². The van der Waals surface area contributed by atoms with Gasteiger partial charge in [0.05, 0.1) is 6.20 Å². The summed E-state index contributed by atoms with van der Waals surface area (Å²) in [5.41, 5.74) is 1.12. The Labute approximate surface area is 125 Å². The minimum absolute atomic E-state index is 0.108. The van der Waals surface area contributed by atoms with Crippen LogP contribution in [0.4, 0.5) is 5.69 Å².